The minimum Gasteiger partial charge on any atom is -0.476 e. The lowest BCUT2D eigenvalue weighted by Crippen LogP contribution is -2.43. The summed E-state index contributed by atoms with van der Waals surface area (Å²) in [5.41, 5.74) is -2.17. The number of carbonyl (C=O) groups excluding carboxylic acids is 1. The molecule has 134 valence electrons. The van der Waals surface area contributed by atoms with Crippen molar-refractivity contribution in [3.05, 3.63) is 11.4 Å². The van der Waals surface area contributed by atoms with Crippen LogP contribution in [0.15, 0.2) is 0 Å². The summed E-state index contributed by atoms with van der Waals surface area (Å²) >= 11 is 0. The van der Waals surface area contributed by atoms with E-state index in [2.05, 4.69) is 10.3 Å². The summed E-state index contributed by atoms with van der Waals surface area (Å²) < 4.78 is 32.7. The number of alkyl halides is 2. The van der Waals surface area contributed by atoms with Gasteiger partial charge < -0.3 is 14.7 Å². The van der Waals surface area contributed by atoms with Gasteiger partial charge in [-0.3, -0.25) is 0 Å². The molecule has 2 heterocycles. The summed E-state index contributed by atoms with van der Waals surface area (Å²) in [6, 6.07) is -0.573. The van der Waals surface area contributed by atoms with Gasteiger partial charge in [-0.2, -0.15) is 0 Å². The first-order valence-electron chi connectivity index (χ1n) is 7.54. The quantitative estimate of drug-likeness (QED) is 0.903. The average molecular weight is 346 g/mol. The predicted molar refractivity (Wildman–Crippen MR) is 78.0 cm³/mol. The molecule has 0 aromatic carbocycles. The van der Waals surface area contributed by atoms with Gasteiger partial charge >= 0.3 is 12.1 Å². The van der Waals surface area contributed by atoms with Gasteiger partial charge in [0.25, 0.3) is 6.43 Å². The fourth-order valence-electron chi connectivity index (χ4n) is 2.57. The summed E-state index contributed by atoms with van der Waals surface area (Å²) in [5.74, 6) is -1.56. The van der Waals surface area contributed by atoms with Gasteiger partial charge in [0.1, 0.15) is 11.3 Å². The van der Waals surface area contributed by atoms with Crippen LogP contribution in [-0.4, -0.2) is 55.8 Å². The lowest BCUT2D eigenvalue weighted by Gasteiger charge is -2.34. The van der Waals surface area contributed by atoms with Crippen LogP contribution >= 0.6 is 0 Å². The van der Waals surface area contributed by atoms with Gasteiger partial charge in [-0.25, -0.2) is 23.1 Å². The molecule has 2 rings (SSSR count). The molecule has 1 unspecified atom stereocenters. The lowest BCUT2D eigenvalue weighted by atomic mass is 10.1. The topological polar surface area (TPSA) is 97.5 Å². The molecule has 0 bridgehead atoms. The highest BCUT2D eigenvalue weighted by molar-refractivity contribution is 5.86. The number of piperidine rings is 1. The Bertz CT molecular complexity index is 627. The number of aromatic carboxylic acids is 1. The van der Waals surface area contributed by atoms with Crippen molar-refractivity contribution in [1.29, 1.82) is 0 Å². The van der Waals surface area contributed by atoms with Gasteiger partial charge in [-0.05, 0) is 33.6 Å². The molecule has 24 heavy (non-hydrogen) atoms. The summed E-state index contributed by atoms with van der Waals surface area (Å²) in [4.78, 5) is 24.6. The Labute approximate surface area is 137 Å². The maximum atomic E-state index is 13.2. The molecule has 1 aliphatic rings. The molecule has 1 amide bonds. The van der Waals surface area contributed by atoms with Gasteiger partial charge in [0, 0.05) is 13.1 Å². The summed E-state index contributed by atoms with van der Waals surface area (Å²) in [6.45, 7) is 5.75. The number of hydrogen-bond donors (Lipinski definition) is 1. The maximum absolute atomic E-state index is 13.2. The Balaban J connectivity index is 2.21. The zero-order valence-corrected chi connectivity index (χ0v) is 13.7. The van der Waals surface area contributed by atoms with Crippen LogP contribution in [0.4, 0.5) is 13.6 Å². The monoisotopic (exact) mass is 346 g/mol. The zero-order chi connectivity index (χ0) is 18.1. The van der Waals surface area contributed by atoms with Crippen molar-refractivity contribution in [3.8, 4) is 0 Å². The van der Waals surface area contributed by atoms with Crippen molar-refractivity contribution >= 4 is 12.1 Å². The minimum atomic E-state index is -3.02. The normalized spacial score (nSPS) is 18.8. The number of carbonyl (C=O) groups is 2. The Hall–Kier alpha value is -2.26. The molecule has 8 nitrogen and oxygen atoms in total. The summed E-state index contributed by atoms with van der Waals surface area (Å²) in [5, 5.41) is 15.9. The van der Waals surface area contributed by atoms with Gasteiger partial charge in [0.05, 0.1) is 6.04 Å². The number of hydrogen-bond acceptors (Lipinski definition) is 5. The van der Waals surface area contributed by atoms with E-state index in [1.54, 1.807) is 20.8 Å². The third-order valence-electron chi connectivity index (χ3n) is 3.53. The summed E-state index contributed by atoms with van der Waals surface area (Å²) in [7, 11) is 0. The van der Waals surface area contributed by atoms with E-state index >= 15 is 0 Å². The molecule has 1 fully saturated rings. The number of halogens is 2. The number of rotatable bonds is 3. The van der Waals surface area contributed by atoms with E-state index in [0.29, 0.717) is 19.4 Å². The van der Waals surface area contributed by atoms with Gasteiger partial charge in [0.2, 0.25) is 0 Å². The number of carboxylic acids is 1. The fourth-order valence-corrected chi connectivity index (χ4v) is 2.57. The second-order valence-corrected chi connectivity index (χ2v) is 6.60. The minimum absolute atomic E-state index is 0.108. The molecule has 10 heteroatoms. The average Bonchev–Trinajstić information content (AvgIpc) is 2.90. The first-order chi connectivity index (χ1) is 11.1. The van der Waals surface area contributed by atoms with Crippen molar-refractivity contribution in [2.45, 2.75) is 51.7 Å². The molecule has 0 aliphatic carbocycles. The molecule has 1 N–H and O–H groups in total. The van der Waals surface area contributed by atoms with E-state index in [4.69, 9.17) is 9.84 Å². The highest BCUT2D eigenvalue weighted by atomic mass is 19.3. The molecule has 1 aromatic rings. The third-order valence-corrected chi connectivity index (χ3v) is 3.53. The second kappa shape index (κ2) is 6.70. The fraction of sp³-hybridized carbons (Fsp3) is 0.714. The molecular formula is C14H20F2N4O4. The molecule has 1 atom stereocenters. The van der Waals surface area contributed by atoms with E-state index in [9.17, 15) is 18.4 Å². The molecule has 0 radical (unpaired) electrons. The largest absolute Gasteiger partial charge is 0.476 e. The number of carboxylic acid groups (broad SMARTS) is 1. The predicted octanol–water partition coefficient (Wildman–Crippen LogP) is 2.49. The molecule has 1 aromatic heterocycles. The van der Waals surface area contributed by atoms with E-state index < -0.39 is 41.5 Å². The molecule has 0 spiro atoms. The molecule has 0 saturated carbocycles. The molecule has 1 saturated heterocycles. The van der Waals surface area contributed by atoms with Crippen LogP contribution in [-0.2, 0) is 4.74 Å². The number of amides is 1. The summed E-state index contributed by atoms with van der Waals surface area (Å²) in [6.07, 6.45) is -2.51. The number of nitrogens with zero attached hydrogens (tertiary/aromatic N) is 4. The first-order valence-corrected chi connectivity index (χ1v) is 7.54. The van der Waals surface area contributed by atoms with E-state index in [0.717, 1.165) is 4.68 Å². The zero-order valence-electron chi connectivity index (χ0n) is 13.7. The molecule has 1 aliphatic heterocycles. The second-order valence-electron chi connectivity index (χ2n) is 6.60. The van der Waals surface area contributed by atoms with Crippen LogP contribution in [0.3, 0.4) is 0 Å². The van der Waals surface area contributed by atoms with E-state index in [1.165, 1.54) is 4.90 Å². The Morgan fingerprint density at radius 1 is 1.38 bits per heavy atom. The molecular weight excluding hydrogens is 326 g/mol. The van der Waals surface area contributed by atoms with Crippen molar-refractivity contribution < 1.29 is 28.2 Å². The third kappa shape index (κ3) is 3.98. The van der Waals surface area contributed by atoms with Crippen molar-refractivity contribution in [2.24, 2.45) is 0 Å². The highest BCUT2D eigenvalue weighted by Crippen LogP contribution is 2.29. The van der Waals surface area contributed by atoms with Crippen LogP contribution in [0.2, 0.25) is 0 Å². The van der Waals surface area contributed by atoms with Crippen molar-refractivity contribution in [2.75, 3.05) is 13.1 Å². The van der Waals surface area contributed by atoms with E-state index in [1.807, 2.05) is 0 Å². The van der Waals surface area contributed by atoms with Crippen LogP contribution in [0, 0.1) is 0 Å². The van der Waals surface area contributed by atoms with Crippen LogP contribution in [0.1, 0.15) is 62.3 Å². The number of ether oxygens (including phenoxy) is 1. The highest BCUT2D eigenvalue weighted by Gasteiger charge is 2.34. The first kappa shape index (κ1) is 18.1. The van der Waals surface area contributed by atoms with Crippen LogP contribution < -0.4 is 0 Å². The Morgan fingerprint density at radius 3 is 2.58 bits per heavy atom. The maximum Gasteiger partial charge on any atom is 0.410 e. The number of aromatic nitrogens is 3. The number of likely N-dealkylation sites (tertiary alicyclic amines) is 1. The van der Waals surface area contributed by atoms with Crippen LogP contribution in [0.5, 0.6) is 0 Å². The lowest BCUT2D eigenvalue weighted by molar-refractivity contribution is 0.0159. The SMILES string of the molecule is CC(C)(C)OC(=O)N1CCCC(n2nnc(C(=O)O)c2C(F)F)C1. The Kier molecular flexibility index (Phi) is 5.05. The Morgan fingerprint density at radius 2 is 2.04 bits per heavy atom. The standard InChI is InChI=1S/C14H20F2N4O4/c1-14(2,3)24-13(23)19-6-4-5-8(7-19)20-10(11(15)16)9(12(21)22)17-18-20/h8,11H,4-7H2,1-3H3,(H,21,22). The van der Waals surface area contributed by atoms with Crippen molar-refractivity contribution in [3.63, 3.8) is 0 Å². The van der Waals surface area contributed by atoms with Crippen LogP contribution in [0.25, 0.3) is 0 Å². The van der Waals surface area contributed by atoms with Gasteiger partial charge in [-0.15, -0.1) is 5.10 Å². The smallest absolute Gasteiger partial charge is 0.410 e. The van der Waals surface area contributed by atoms with Crippen molar-refractivity contribution in [1.82, 2.24) is 19.9 Å². The van der Waals surface area contributed by atoms with E-state index in [-0.39, 0.29) is 6.54 Å². The van der Waals surface area contributed by atoms with Gasteiger partial charge in [0.15, 0.2) is 5.69 Å². The van der Waals surface area contributed by atoms with Gasteiger partial charge in [-0.1, -0.05) is 5.21 Å².